The van der Waals surface area contributed by atoms with Crippen molar-refractivity contribution in [3.63, 3.8) is 0 Å². The summed E-state index contributed by atoms with van der Waals surface area (Å²) in [4.78, 5) is 42.2. The molecule has 0 aliphatic carbocycles. The highest BCUT2D eigenvalue weighted by Gasteiger charge is 2.37. The Balaban J connectivity index is 1.66. The molecule has 7 nitrogen and oxygen atoms in total. The quantitative estimate of drug-likeness (QED) is 0.811. The minimum Gasteiger partial charge on any atom is -0.344 e. The van der Waals surface area contributed by atoms with Crippen LogP contribution in [0, 0.1) is 0 Å². The van der Waals surface area contributed by atoms with Gasteiger partial charge in [0.2, 0.25) is 0 Å². The zero-order chi connectivity index (χ0) is 17.8. The van der Waals surface area contributed by atoms with Gasteiger partial charge in [-0.3, -0.25) is 19.4 Å². The fourth-order valence-electron chi connectivity index (χ4n) is 2.81. The van der Waals surface area contributed by atoms with E-state index in [1.165, 1.54) is 0 Å². The number of likely N-dealkylation sites (N-methyl/N-ethyl adjacent to an activating group) is 1. The minimum atomic E-state index is -0.838. The van der Waals surface area contributed by atoms with Crippen LogP contribution < -0.4 is 15.5 Å². The Morgan fingerprint density at radius 2 is 1.84 bits per heavy atom. The fraction of sp³-hybridized carbons (Fsp3) is 0.222. The summed E-state index contributed by atoms with van der Waals surface area (Å²) in [6, 6.07) is 9.89. The van der Waals surface area contributed by atoms with Crippen LogP contribution in [0.5, 0.6) is 0 Å². The van der Waals surface area contributed by atoms with E-state index in [1.54, 1.807) is 41.6 Å². The lowest BCUT2D eigenvalue weighted by atomic mass is 10.1. The van der Waals surface area contributed by atoms with Gasteiger partial charge >= 0.3 is 11.8 Å². The zero-order valence-electron chi connectivity index (χ0n) is 13.7. The Morgan fingerprint density at radius 3 is 2.56 bits per heavy atom. The van der Waals surface area contributed by atoms with Crippen molar-refractivity contribution in [2.24, 2.45) is 0 Å². The Bertz CT molecular complexity index is 807. The second-order valence-corrected chi connectivity index (χ2v) is 5.59. The van der Waals surface area contributed by atoms with Gasteiger partial charge < -0.3 is 15.5 Å². The molecule has 1 aliphatic rings. The molecule has 0 bridgehead atoms. The van der Waals surface area contributed by atoms with Crippen LogP contribution in [0.25, 0.3) is 0 Å². The number of nitrogens with one attached hydrogen (secondary N) is 2. The molecule has 0 saturated heterocycles. The highest BCUT2D eigenvalue weighted by Crippen LogP contribution is 2.35. The Labute approximate surface area is 145 Å². The molecule has 0 saturated carbocycles. The van der Waals surface area contributed by atoms with Crippen LogP contribution in [0.4, 0.5) is 5.69 Å². The van der Waals surface area contributed by atoms with Crippen molar-refractivity contribution in [2.45, 2.75) is 19.5 Å². The van der Waals surface area contributed by atoms with Crippen molar-refractivity contribution in [1.82, 2.24) is 15.6 Å². The molecule has 7 heteroatoms. The third-order valence-corrected chi connectivity index (χ3v) is 4.05. The number of carbonyl (C=O) groups is 3. The first-order valence-corrected chi connectivity index (χ1v) is 7.99. The summed E-state index contributed by atoms with van der Waals surface area (Å²) in [5, 5.41) is 5.06. The number of amides is 3. The number of hydrogen-bond donors (Lipinski definition) is 2. The molecule has 3 amide bonds. The average molecular weight is 338 g/mol. The predicted octanol–water partition coefficient (Wildman–Crippen LogP) is 0.922. The zero-order valence-corrected chi connectivity index (χ0v) is 13.7. The second kappa shape index (κ2) is 7.12. The van der Waals surface area contributed by atoms with Gasteiger partial charge in [-0.25, -0.2) is 0 Å². The number of fused-ring (bicyclic) bond motifs is 1. The van der Waals surface area contributed by atoms with Crippen LogP contribution in [0.1, 0.15) is 24.1 Å². The van der Waals surface area contributed by atoms with E-state index in [-0.39, 0.29) is 12.5 Å². The van der Waals surface area contributed by atoms with E-state index < -0.39 is 17.9 Å². The second-order valence-electron chi connectivity index (χ2n) is 5.59. The van der Waals surface area contributed by atoms with Gasteiger partial charge in [0, 0.05) is 36.7 Å². The first-order valence-electron chi connectivity index (χ1n) is 7.99. The van der Waals surface area contributed by atoms with Gasteiger partial charge in [0.05, 0.1) is 0 Å². The summed E-state index contributed by atoms with van der Waals surface area (Å²) in [5.41, 5.74) is 2.29. The maximum absolute atomic E-state index is 12.5. The van der Waals surface area contributed by atoms with Gasteiger partial charge in [-0.15, -0.1) is 0 Å². The molecule has 0 unspecified atom stereocenters. The van der Waals surface area contributed by atoms with Crippen LogP contribution in [0.15, 0.2) is 48.8 Å². The van der Waals surface area contributed by atoms with Gasteiger partial charge in [0.15, 0.2) is 0 Å². The number of anilines is 1. The normalized spacial score (nSPS) is 15.6. The summed E-state index contributed by atoms with van der Waals surface area (Å²) >= 11 is 0. The van der Waals surface area contributed by atoms with Crippen LogP contribution in [0.2, 0.25) is 0 Å². The molecule has 1 aliphatic heterocycles. The fourth-order valence-corrected chi connectivity index (χ4v) is 2.81. The minimum absolute atomic E-state index is 0.213. The molecule has 1 aromatic carbocycles. The van der Waals surface area contributed by atoms with Crippen molar-refractivity contribution in [1.29, 1.82) is 0 Å². The van der Waals surface area contributed by atoms with E-state index in [4.69, 9.17) is 0 Å². The number of carbonyl (C=O) groups excluding carboxylic acids is 3. The number of aromatic nitrogens is 1. The van der Waals surface area contributed by atoms with E-state index in [1.807, 2.05) is 19.1 Å². The third-order valence-electron chi connectivity index (χ3n) is 4.05. The lowest BCUT2D eigenvalue weighted by Gasteiger charge is -2.15. The molecular formula is C18H18N4O3. The van der Waals surface area contributed by atoms with Crippen molar-refractivity contribution < 1.29 is 14.4 Å². The molecule has 1 atom stereocenters. The van der Waals surface area contributed by atoms with E-state index >= 15 is 0 Å². The summed E-state index contributed by atoms with van der Waals surface area (Å²) in [7, 11) is 0. The van der Waals surface area contributed by atoms with E-state index in [2.05, 4.69) is 15.6 Å². The summed E-state index contributed by atoms with van der Waals surface area (Å²) in [6.07, 6.45) is 3.21. The van der Waals surface area contributed by atoms with E-state index in [0.717, 1.165) is 11.3 Å². The molecule has 128 valence electrons. The molecular weight excluding hydrogens is 320 g/mol. The molecule has 2 heterocycles. The Kier molecular flexibility index (Phi) is 4.74. The molecule has 1 aromatic heterocycles. The third kappa shape index (κ3) is 3.35. The maximum Gasteiger partial charge on any atom is 0.310 e. The number of rotatable bonds is 4. The number of hydrogen-bond acceptors (Lipinski definition) is 4. The lowest BCUT2D eigenvalue weighted by Crippen LogP contribution is -2.44. The Hall–Kier alpha value is -3.22. The van der Waals surface area contributed by atoms with Crippen LogP contribution in [-0.2, 0) is 20.9 Å². The summed E-state index contributed by atoms with van der Waals surface area (Å²) in [5.74, 6) is -1.85. The van der Waals surface area contributed by atoms with Gasteiger partial charge in [-0.2, -0.15) is 0 Å². The summed E-state index contributed by atoms with van der Waals surface area (Å²) in [6.45, 7) is 2.57. The van der Waals surface area contributed by atoms with Crippen molar-refractivity contribution in [3.8, 4) is 0 Å². The smallest absolute Gasteiger partial charge is 0.310 e. The number of pyridine rings is 1. The summed E-state index contributed by atoms with van der Waals surface area (Å²) < 4.78 is 0. The monoisotopic (exact) mass is 338 g/mol. The van der Waals surface area contributed by atoms with Crippen LogP contribution >= 0.6 is 0 Å². The highest BCUT2D eigenvalue weighted by atomic mass is 16.2. The van der Waals surface area contributed by atoms with Gasteiger partial charge in [0.1, 0.15) is 6.04 Å². The van der Waals surface area contributed by atoms with Gasteiger partial charge in [0.25, 0.3) is 5.91 Å². The van der Waals surface area contributed by atoms with Crippen molar-refractivity contribution in [2.75, 3.05) is 11.4 Å². The SMILES string of the molecule is CCN1C(=O)[C@@H](NC(=O)C(=O)NCc2ccncc2)c2ccccc21. The molecule has 0 fully saturated rings. The van der Waals surface area contributed by atoms with Gasteiger partial charge in [-0.1, -0.05) is 18.2 Å². The molecule has 3 rings (SSSR count). The molecule has 0 spiro atoms. The van der Waals surface area contributed by atoms with Crippen molar-refractivity contribution >= 4 is 23.4 Å². The predicted molar refractivity (Wildman–Crippen MR) is 91.4 cm³/mol. The standard InChI is InChI=1S/C18H18N4O3/c1-2-22-14-6-4-3-5-13(14)15(18(22)25)21-17(24)16(23)20-11-12-7-9-19-10-8-12/h3-10,15H,2,11H2,1H3,(H,20,23)(H,21,24)/t15-/m0/s1. The molecule has 2 N–H and O–H groups in total. The number of benzene rings is 1. The Morgan fingerprint density at radius 1 is 1.12 bits per heavy atom. The van der Waals surface area contributed by atoms with E-state index in [9.17, 15) is 14.4 Å². The number of nitrogens with zero attached hydrogens (tertiary/aromatic N) is 2. The maximum atomic E-state index is 12.5. The highest BCUT2D eigenvalue weighted by molar-refractivity contribution is 6.35. The largest absolute Gasteiger partial charge is 0.344 e. The molecule has 2 aromatic rings. The topological polar surface area (TPSA) is 91.4 Å². The average Bonchev–Trinajstić information content (AvgIpc) is 2.91. The van der Waals surface area contributed by atoms with E-state index in [0.29, 0.717) is 12.1 Å². The first-order chi connectivity index (χ1) is 12.1. The number of para-hydroxylation sites is 1. The molecule has 0 radical (unpaired) electrons. The van der Waals surface area contributed by atoms with Crippen LogP contribution in [0.3, 0.4) is 0 Å². The van der Waals surface area contributed by atoms with Crippen molar-refractivity contribution in [3.05, 3.63) is 59.9 Å². The van der Waals surface area contributed by atoms with Gasteiger partial charge in [-0.05, 0) is 30.7 Å². The molecule has 25 heavy (non-hydrogen) atoms. The first kappa shape index (κ1) is 16.6. The van der Waals surface area contributed by atoms with Crippen LogP contribution in [-0.4, -0.2) is 29.3 Å². The lowest BCUT2D eigenvalue weighted by molar-refractivity contribution is -0.140.